The van der Waals surface area contributed by atoms with Crippen LogP contribution in [0.1, 0.15) is 18.7 Å². The van der Waals surface area contributed by atoms with Crippen LogP contribution in [0, 0.1) is 0 Å². The summed E-state index contributed by atoms with van der Waals surface area (Å²) in [6.45, 7) is 1.00. The molecule has 0 radical (unpaired) electrons. The molecule has 0 amide bonds. The third-order valence-electron chi connectivity index (χ3n) is 3.11. The number of H-pyrrole nitrogens is 1. The molecule has 1 aromatic carbocycles. The number of aromatic nitrogens is 2. The van der Waals surface area contributed by atoms with Crippen molar-refractivity contribution in [3.05, 3.63) is 24.0 Å². The Bertz CT molecular complexity index is 516. The number of ether oxygens (including phenoxy) is 1. The van der Waals surface area contributed by atoms with Crippen LogP contribution in [0.5, 0.6) is 5.75 Å². The summed E-state index contributed by atoms with van der Waals surface area (Å²) in [7, 11) is 1.68. The van der Waals surface area contributed by atoms with Gasteiger partial charge in [-0.15, -0.1) is 0 Å². The number of hydrogen-bond donors (Lipinski definition) is 2. The highest BCUT2D eigenvalue weighted by atomic mass is 16.5. The van der Waals surface area contributed by atoms with Gasteiger partial charge in [0.2, 0.25) is 0 Å². The van der Waals surface area contributed by atoms with E-state index in [2.05, 4.69) is 15.3 Å². The van der Waals surface area contributed by atoms with E-state index in [9.17, 15) is 0 Å². The van der Waals surface area contributed by atoms with E-state index in [1.54, 1.807) is 7.11 Å². The average Bonchev–Trinajstić information content (AvgIpc) is 3.07. The van der Waals surface area contributed by atoms with E-state index in [1.165, 1.54) is 12.8 Å². The molecule has 4 nitrogen and oxygen atoms in total. The Hall–Kier alpha value is -1.55. The fourth-order valence-electron chi connectivity index (χ4n) is 1.97. The topological polar surface area (TPSA) is 49.9 Å². The van der Waals surface area contributed by atoms with Crippen LogP contribution in [0.2, 0.25) is 0 Å². The molecule has 1 fully saturated rings. The Kier molecular flexibility index (Phi) is 2.73. The highest BCUT2D eigenvalue weighted by Crippen LogP contribution is 2.20. The number of imidazole rings is 1. The summed E-state index contributed by atoms with van der Waals surface area (Å²) in [5, 5.41) is 3.49. The van der Waals surface area contributed by atoms with Crippen LogP contribution in [0.15, 0.2) is 18.2 Å². The molecule has 0 saturated heterocycles. The zero-order valence-electron chi connectivity index (χ0n) is 9.99. The van der Waals surface area contributed by atoms with E-state index in [0.29, 0.717) is 0 Å². The lowest BCUT2D eigenvalue weighted by Crippen LogP contribution is -2.19. The van der Waals surface area contributed by atoms with Gasteiger partial charge < -0.3 is 15.0 Å². The maximum absolute atomic E-state index is 5.19. The number of methoxy groups -OCH3 is 1. The van der Waals surface area contributed by atoms with E-state index in [-0.39, 0.29) is 0 Å². The summed E-state index contributed by atoms with van der Waals surface area (Å²) < 4.78 is 5.19. The van der Waals surface area contributed by atoms with Crippen molar-refractivity contribution in [2.45, 2.75) is 25.3 Å². The lowest BCUT2D eigenvalue weighted by Gasteiger charge is -1.98. The molecule has 17 heavy (non-hydrogen) atoms. The molecule has 0 unspecified atom stereocenters. The van der Waals surface area contributed by atoms with Gasteiger partial charge in [-0.2, -0.15) is 0 Å². The van der Waals surface area contributed by atoms with Gasteiger partial charge in [-0.1, -0.05) is 0 Å². The number of rotatable bonds is 5. The number of hydrogen-bond acceptors (Lipinski definition) is 3. The highest BCUT2D eigenvalue weighted by molar-refractivity contribution is 5.76. The van der Waals surface area contributed by atoms with E-state index in [0.717, 1.165) is 41.6 Å². The first-order valence-electron chi connectivity index (χ1n) is 6.11. The van der Waals surface area contributed by atoms with Gasteiger partial charge in [0.25, 0.3) is 0 Å². The van der Waals surface area contributed by atoms with E-state index >= 15 is 0 Å². The predicted octanol–water partition coefficient (Wildman–Crippen LogP) is 1.87. The van der Waals surface area contributed by atoms with Gasteiger partial charge in [0.05, 0.1) is 18.1 Å². The van der Waals surface area contributed by atoms with Crippen molar-refractivity contribution in [3.8, 4) is 5.75 Å². The van der Waals surface area contributed by atoms with E-state index in [4.69, 9.17) is 4.74 Å². The van der Waals surface area contributed by atoms with Crippen molar-refractivity contribution in [3.63, 3.8) is 0 Å². The largest absolute Gasteiger partial charge is 0.497 e. The second kappa shape index (κ2) is 4.37. The molecule has 1 aliphatic carbocycles. The summed E-state index contributed by atoms with van der Waals surface area (Å²) in [5.41, 5.74) is 2.05. The zero-order valence-corrected chi connectivity index (χ0v) is 9.99. The standard InChI is InChI=1S/C13H17N3O/c1-17-10-4-5-11-12(8-10)16-13(15-11)6-7-14-9-2-3-9/h4-5,8-9,14H,2-3,6-7H2,1H3,(H,15,16). The number of aromatic amines is 1. The molecule has 0 aliphatic heterocycles. The number of nitrogens with one attached hydrogen (secondary N) is 2. The second-order valence-electron chi connectivity index (χ2n) is 4.54. The lowest BCUT2D eigenvalue weighted by atomic mass is 10.3. The minimum absolute atomic E-state index is 0.763. The molecular weight excluding hydrogens is 214 g/mol. The smallest absolute Gasteiger partial charge is 0.121 e. The third kappa shape index (κ3) is 2.42. The molecule has 0 atom stereocenters. The summed E-state index contributed by atoms with van der Waals surface area (Å²) >= 11 is 0. The molecular formula is C13H17N3O. The predicted molar refractivity (Wildman–Crippen MR) is 67.4 cm³/mol. The molecule has 3 rings (SSSR count). The Balaban J connectivity index is 1.71. The van der Waals surface area contributed by atoms with Crippen molar-refractivity contribution < 1.29 is 4.74 Å². The molecule has 1 aromatic heterocycles. The van der Waals surface area contributed by atoms with Gasteiger partial charge in [0, 0.05) is 25.1 Å². The van der Waals surface area contributed by atoms with Gasteiger partial charge >= 0.3 is 0 Å². The Morgan fingerprint density at radius 2 is 2.35 bits per heavy atom. The van der Waals surface area contributed by atoms with Crippen LogP contribution in [0.25, 0.3) is 11.0 Å². The van der Waals surface area contributed by atoms with E-state index in [1.807, 2.05) is 18.2 Å². The molecule has 2 N–H and O–H groups in total. The first kappa shape index (κ1) is 10.6. The molecule has 0 bridgehead atoms. The number of fused-ring (bicyclic) bond motifs is 1. The summed E-state index contributed by atoms with van der Waals surface area (Å²) in [4.78, 5) is 7.89. The van der Waals surface area contributed by atoms with Gasteiger partial charge in [-0.25, -0.2) is 4.98 Å². The number of nitrogens with zero attached hydrogens (tertiary/aromatic N) is 1. The maximum Gasteiger partial charge on any atom is 0.121 e. The monoisotopic (exact) mass is 231 g/mol. The minimum atomic E-state index is 0.763. The van der Waals surface area contributed by atoms with Crippen molar-refractivity contribution in [1.29, 1.82) is 0 Å². The average molecular weight is 231 g/mol. The quantitative estimate of drug-likeness (QED) is 0.826. The van der Waals surface area contributed by atoms with Gasteiger partial charge in [0.15, 0.2) is 0 Å². The van der Waals surface area contributed by atoms with Crippen LogP contribution in [0.3, 0.4) is 0 Å². The Labute approximate surface area is 100 Å². The SMILES string of the molecule is COc1ccc2nc(CCNC3CC3)[nH]c2c1. The first-order chi connectivity index (χ1) is 8.35. The lowest BCUT2D eigenvalue weighted by molar-refractivity contribution is 0.415. The van der Waals surface area contributed by atoms with Crippen molar-refractivity contribution in [2.24, 2.45) is 0 Å². The van der Waals surface area contributed by atoms with Gasteiger partial charge in [-0.05, 0) is 25.0 Å². The second-order valence-corrected chi connectivity index (χ2v) is 4.54. The van der Waals surface area contributed by atoms with Crippen LogP contribution in [-0.2, 0) is 6.42 Å². The highest BCUT2D eigenvalue weighted by Gasteiger charge is 2.19. The molecule has 0 spiro atoms. The summed E-state index contributed by atoms with van der Waals surface area (Å²) in [6.07, 6.45) is 3.61. The Morgan fingerprint density at radius 1 is 1.47 bits per heavy atom. The molecule has 90 valence electrons. The fraction of sp³-hybridized carbons (Fsp3) is 0.462. The van der Waals surface area contributed by atoms with Crippen molar-refractivity contribution >= 4 is 11.0 Å². The van der Waals surface area contributed by atoms with Crippen LogP contribution in [-0.4, -0.2) is 29.7 Å². The van der Waals surface area contributed by atoms with Crippen LogP contribution in [0.4, 0.5) is 0 Å². The first-order valence-corrected chi connectivity index (χ1v) is 6.11. The molecule has 2 aromatic rings. The van der Waals surface area contributed by atoms with Crippen molar-refractivity contribution in [2.75, 3.05) is 13.7 Å². The van der Waals surface area contributed by atoms with Crippen molar-refractivity contribution in [1.82, 2.24) is 15.3 Å². The summed E-state index contributed by atoms with van der Waals surface area (Å²) in [5.74, 6) is 1.91. The zero-order chi connectivity index (χ0) is 11.7. The molecule has 1 heterocycles. The number of benzene rings is 1. The van der Waals surface area contributed by atoms with Gasteiger partial charge in [0.1, 0.15) is 11.6 Å². The molecule has 4 heteroatoms. The van der Waals surface area contributed by atoms with Crippen LogP contribution < -0.4 is 10.1 Å². The van der Waals surface area contributed by atoms with E-state index < -0.39 is 0 Å². The third-order valence-corrected chi connectivity index (χ3v) is 3.11. The summed E-state index contributed by atoms with van der Waals surface area (Å²) in [6, 6.07) is 6.68. The Morgan fingerprint density at radius 3 is 3.12 bits per heavy atom. The molecule has 1 aliphatic rings. The molecule has 1 saturated carbocycles. The normalized spacial score (nSPS) is 15.4. The van der Waals surface area contributed by atoms with Crippen LogP contribution >= 0.6 is 0 Å². The fourth-order valence-corrected chi connectivity index (χ4v) is 1.97. The minimum Gasteiger partial charge on any atom is -0.497 e. The maximum atomic E-state index is 5.19. The van der Waals surface area contributed by atoms with Gasteiger partial charge in [-0.3, -0.25) is 0 Å².